The molecule has 2 heterocycles. The summed E-state index contributed by atoms with van der Waals surface area (Å²) in [5.74, 6) is -0.519. The first-order chi connectivity index (χ1) is 14.5. The number of H-pyrrole nitrogens is 1. The van der Waals surface area contributed by atoms with Crippen molar-refractivity contribution >= 4 is 28.5 Å². The number of nitrogens with zero attached hydrogens (tertiary/aromatic N) is 2. The van der Waals surface area contributed by atoms with Gasteiger partial charge in [-0.1, -0.05) is 36.4 Å². The molecule has 4 rings (SSSR count). The van der Waals surface area contributed by atoms with Crippen molar-refractivity contribution in [2.75, 3.05) is 12.8 Å². The van der Waals surface area contributed by atoms with Crippen molar-refractivity contribution in [1.82, 2.24) is 25.6 Å². The fourth-order valence-corrected chi connectivity index (χ4v) is 3.14. The van der Waals surface area contributed by atoms with Crippen LogP contribution in [0.4, 0.5) is 5.82 Å². The van der Waals surface area contributed by atoms with Crippen molar-refractivity contribution in [3.05, 3.63) is 77.7 Å². The van der Waals surface area contributed by atoms with E-state index in [-0.39, 0.29) is 17.4 Å². The molecule has 150 valence electrons. The maximum Gasteiger partial charge on any atom is 0.273 e. The largest absolute Gasteiger partial charge is 0.382 e. The zero-order valence-electron chi connectivity index (χ0n) is 16.3. The second-order valence-corrected chi connectivity index (χ2v) is 6.72. The van der Waals surface area contributed by atoms with E-state index in [4.69, 9.17) is 5.73 Å². The van der Waals surface area contributed by atoms with Gasteiger partial charge in [0.1, 0.15) is 5.69 Å². The minimum atomic E-state index is -0.399. The van der Waals surface area contributed by atoms with Crippen molar-refractivity contribution in [2.24, 2.45) is 0 Å². The molecule has 0 aliphatic heterocycles. The average molecular weight is 400 g/mol. The third-order valence-corrected chi connectivity index (χ3v) is 4.69. The van der Waals surface area contributed by atoms with Crippen LogP contribution in [0.15, 0.2) is 60.8 Å². The Bertz CT molecular complexity index is 1210. The Balaban J connectivity index is 1.51. The molecule has 0 aliphatic rings. The number of para-hydroxylation sites is 1. The van der Waals surface area contributed by atoms with Gasteiger partial charge in [0, 0.05) is 30.1 Å². The van der Waals surface area contributed by atoms with Gasteiger partial charge in [-0.25, -0.2) is 9.97 Å². The molecule has 0 atom stereocenters. The maximum atomic E-state index is 12.5. The summed E-state index contributed by atoms with van der Waals surface area (Å²) in [5, 5.41) is 6.40. The van der Waals surface area contributed by atoms with E-state index in [1.54, 1.807) is 0 Å². The summed E-state index contributed by atoms with van der Waals surface area (Å²) in [4.78, 5) is 35.9. The molecule has 0 bridgehead atoms. The van der Waals surface area contributed by atoms with E-state index < -0.39 is 5.91 Å². The highest BCUT2D eigenvalue weighted by Crippen LogP contribution is 2.20. The van der Waals surface area contributed by atoms with Crippen LogP contribution in [0, 0.1) is 0 Å². The lowest BCUT2D eigenvalue weighted by Crippen LogP contribution is -2.23. The Morgan fingerprint density at radius 3 is 2.70 bits per heavy atom. The first kappa shape index (κ1) is 19.1. The van der Waals surface area contributed by atoms with Crippen LogP contribution in [0.1, 0.15) is 26.5 Å². The van der Waals surface area contributed by atoms with Gasteiger partial charge in [-0.05, 0) is 23.8 Å². The molecular formula is C22H20N6O2. The van der Waals surface area contributed by atoms with Crippen molar-refractivity contribution < 1.29 is 9.59 Å². The molecule has 0 saturated carbocycles. The number of aromatic amines is 1. The second-order valence-electron chi connectivity index (χ2n) is 6.72. The lowest BCUT2D eigenvalue weighted by atomic mass is 10.1. The van der Waals surface area contributed by atoms with Gasteiger partial charge in [-0.2, -0.15) is 0 Å². The maximum absolute atomic E-state index is 12.5. The predicted molar refractivity (Wildman–Crippen MR) is 115 cm³/mol. The summed E-state index contributed by atoms with van der Waals surface area (Å²) in [5.41, 5.74) is 9.43. The summed E-state index contributed by atoms with van der Waals surface area (Å²) in [6, 6.07) is 17.1. The van der Waals surface area contributed by atoms with E-state index >= 15 is 0 Å². The molecule has 2 amide bonds. The Morgan fingerprint density at radius 2 is 1.90 bits per heavy atom. The number of fused-ring (bicyclic) bond motifs is 1. The highest BCUT2D eigenvalue weighted by molar-refractivity contribution is 5.98. The minimum absolute atomic E-state index is 0.0693. The van der Waals surface area contributed by atoms with Gasteiger partial charge < -0.3 is 21.4 Å². The Hall–Kier alpha value is -4.20. The molecule has 2 aromatic heterocycles. The summed E-state index contributed by atoms with van der Waals surface area (Å²) in [6.07, 6.45) is 1.52. The van der Waals surface area contributed by atoms with Crippen LogP contribution in [-0.4, -0.2) is 33.8 Å². The summed E-state index contributed by atoms with van der Waals surface area (Å²) >= 11 is 0. The standard InChI is InChI=1S/C22H20N6O2/c1-24-22(30)19-20(23)25-12-18(28-19)14-7-4-5-13(9-14)11-26-21(29)17-10-15-6-2-3-8-16(15)27-17/h2-10,12,27H,11H2,1H3,(H2,23,25)(H,24,30)(H,26,29). The molecule has 0 unspecified atom stereocenters. The van der Waals surface area contributed by atoms with Gasteiger partial charge in [0.15, 0.2) is 11.5 Å². The van der Waals surface area contributed by atoms with Crippen molar-refractivity contribution in [1.29, 1.82) is 0 Å². The Morgan fingerprint density at radius 1 is 1.07 bits per heavy atom. The lowest BCUT2D eigenvalue weighted by molar-refractivity contribution is 0.0942. The Kier molecular flexibility index (Phi) is 5.13. The number of nitrogens with two attached hydrogens (primary N) is 1. The summed E-state index contributed by atoms with van der Waals surface area (Å²) in [7, 11) is 1.51. The zero-order chi connectivity index (χ0) is 21.1. The van der Waals surface area contributed by atoms with Crippen molar-refractivity contribution in [3.8, 4) is 11.3 Å². The number of aromatic nitrogens is 3. The molecule has 0 aliphatic carbocycles. The van der Waals surface area contributed by atoms with Crippen molar-refractivity contribution in [3.63, 3.8) is 0 Å². The fraction of sp³-hybridized carbons (Fsp3) is 0.0909. The van der Waals surface area contributed by atoms with Crippen LogP contribution >= 0.6 is 0 Å². The first-order valence-corrected chi connectivity index (χ1v) is 9.35. The molecular weight excluding hydrogens is 380 g/mol. The van der Waals surface area contributed by atoms with Crippen LogP contribution < -0.4 is 16.4 Å². The first-order valence-electron chi connectivity index (χ1n) is 9.35. The molecule has 2 aromatic carbocycles. The SMILES string of the molecule is CNC(=O)c1nc(-c2cccc(CNC(=O)c3cc4ccccc4[nH]3)c2)cnc1N. The molecule has 0 fully saturated rings. The number of carbonyl (C=O) groups excluding carboxylic acids is 2. The quantitative estimate of drug-likeness (QED) is 0.409. The third-order valence-electron chi connectivity index (χ3n) is 4.69. The summed E-state index contributed by atoms with van der Waals surface area (Å²) < 4.78 is 0. The van der Waals surface area contributed by atoms with Gasteiger partial charge in [0.05, 0.1) is 11.9 Å². The molecule has 4 aromatic rings. The minimum Gasteiger partial charge on any atom is -0.382 e. The van der Waals surface area contributed by atoms with Gasteiger partial charge in [0.25, 0.3) is 11.8 Å². The van der Waals surface area contributed by atoms with Gasteiger partial charge in [-0.15, -0.1) is 0 Å². The van der Waals surface area contributed by atoms with E-state index in [0.29, 0.717) is 17.9 Å². The number of benzene rings is 2. The normalized spacial score (nSPS) is 10.7. The monoisotopic (exact) mass is 400 g/mol. The number of amides is 2. The lowest BCUT2D eigenvalue weighted by Gasteiger charge is -2.08. The van der Waals surface area contributed by atoms with Crippen LogP contribution in [0.2, 0.25) is 0 Å². The highest BCUT2D eigenvalue weighted by Gasteiger charge is 2.14. The van der Waals surface area contributed by atoms with E-state index in [2.05, 4.69) is 25.6 Å². The Labute approximate surface area is 172 Å². The number of hydrogen-bond acceptors (Lipinski definition) is 5. The highest BCUT2D eigenvalue weighted by atomic mass is 16.2. The smallest absolute Gasteiger partial charge is 0.273 e. The number of anilines is 1. The topological polar surface area (TPSA) is 126 Å². The van der Waals surface area contributed by atoms with Gasteiger partial charge in [0.2, 0.25) is 0 Å². The number of hydrogen-bond donors (Lipinski definition) is 4. The van der Waals surface area contributed by atoms with Gasteiger partial charge >= 0.3 is 0 Å². The zero-order valence-corrected chi connectivity index (χ0v) is 16.3. The van der Waals surface area contributed by atoms with E-state index in [0.717, 1.165) is 22.0 Å². The van der Waals surface area contributed by atoms with Crippen LogP contribution in [0.3, 0.4) is 0 Å². The fourth-order valence-electron chi connectivity index (χ4n) is 3.14. The number of nitrogens with one attached hydrogen (secondary N) is 3. The number of nitrogen functional groups attached to an aromatic ring is 1. The molecule has 0 radical (unpaired) electrons. The van der Waals surface area contributed by atoms with E-state index in [9.17, 15) is 9.59 Å². The van der Waals surface area contributed by atoms with E-state index in [1.807, 2.05) is 54.6 Å². The molecule has 8 heteroatoms. The van der Waals surface area contributed by atoms with Crippen LogP contribution in [0.25, 0.3) is 22.2 Å². The molecule has 5 N–H and O–H groups in total. The van der Waals surface area contributed by atoms with Crippen molar-refractivity contribution in [2.45, 2.75) is 6.54 Å². The van der Waals surface area contributed by atoms with Crippen LogP contribution in [-0.2, 0) is 6.54 Å². The number of rotatable bonds is 5. The third kappa shape index (κ3) is 3.83. The summed E-state index contributed by atoms with van der Waals surface area (Å²) in [6.45, 7) is 0.340. The molecule has 0 spiro atoms. The average Bonchev–Trinajstić information content (AvgIpc) is 3.22. The van der Waals surface area contributed by atoms with Crippen LogP contribution in [0.5, 0.6) is 0 Å². The predicted octanol–water partition coefficient (Wildman–Crippen LogP) is 2.50. The molecule has 30 heavy (non-hydrogen) atoms. The molecule has 8 nitrogen and oxygen atoms in total. The van der Waals surface area contributed by atoms with Gasteiger partial charge in [-0.3, -0.25) is 9.59 Å². The molecule has 0 saturated heterocycles. The van der Waals surface area contributed by atoms with E-state index in [1.165, 1.54) is 13.2 Å². The second kappa shape index (κ2) is 8.04. The number of carbonyl (C=O) groups is 2.